The fraction of sp³-hybridized carbons (Fsp3) is 0.143. The van der Waals surface area contributed by atoms with Gasteiger partial charge in [0.05, 0.1) is 11.4 Å². The number of carbonyl (C=O) groups excluding carboxylic acids is 1. The van der Waals surface area contributed by atoms with Crippen molar-refractivity contribution in [3.05, 3.63) is 53.3 Å². The third-order valence-corrected chi connectivity index (χ3v) is 2.79. The highest BCUT2D eigenvalue weighted by Crippen LogP contribution is 2.16. The van der Waals surface area contributed by atoms with Crippen molar-refractivity contribution in [2.45, 2.75) is 13.8 Å². The van der Waals surface area contributed by atoms with Crippen LogP contribution in [-0.4, -0.2) is 10.9 Å². The minimum Gasteiger partial charge on any atom is -0.399 e. The molecular formula is C14H15N3O. The summed E-state index contributed by atoms with van der Waals surface area (Å²) in [6.45, 7) is 3.73. The van der Waals surface area contributed by atoms with Crippen LogP contribution in [0.1, 0.15) is 21.6 Å². The van der Waals surface area contributed by atoms with Gasteiger partial charge < -0.3 is 11.1 Å². The molecule has 0 aliphatic rings. The van der Waals surface area contributed by atoms with Crippen LogP contribution >= 0.6 is 0 Å². The molecular weight excluding hydrogens is 226 g/mol. The molecule has 1 amide bonds. The van der Waals surface area contributed by atoms with Crippen molar-refractivity contribution >= 4 is 17.3 Å². The van der Waals surface area contributed by atoms with E-state index < -0.39 is 0 Å². The molecule has 0 aliphatic heterocycles. The summed E-state index contributed by atoms with van der Waals surface area (Å²) < 4.78 is 0. The summed E-state index contributed by atoms with van der Waals surface area (Å²) in [7, 11) is 0. The van der Waals surface area contributed by atoms with Crippen LogP contribution in [-0.2, 0) is 0 Å². The molecule has 0 spiro atoms. The SMILES string of the molecule is Cc1cc(C(=O)Nc2cccnc2C)ccc1N. The van der Waals surface area contributed by atoms with E-state index in [1.54, 1.807) is 30.5 Å². The van der Waals surface area contributed by atoms with Gasteiger partial charge in [-0.1, -0.05) is 0 Å². The number of anilines is 2. The molecule has 4 nitrogen and oxygen atoms in total. The third-order valence-electron chi connectivity index (χ3n) is 2.79. The maximum Gasteiger partial charge on any atom is 0.255 e. The van der Waals surface area contributed by atoms with Gasteiger partial charge in [-0.2, -0.15) is 0 Å². The molecule has 0 fully saturated rings. The number of benzene rings is 1. The van der Waals surface area contributed by atoms with Gasteiger partial charge in [0.15, 0.2) is 0 Å². The smallest absolute Gasteiger partial charge is 0.255 e. The van der Waals surface area contributed by atoms with E-state index in [1.165, 1.54) is 0 Å². The Balaban J connectivity index is 2.22. The summed E-state index contributed by atoms with van der Waals surface area (Å²) in [6, 6.07) is 8.83. The maximum atomic E-state index is 12.1. The molecule has 0 atom stereocenters. The van der Waals surface area contributed by atoms with Gasteiger partial charge in [-0.25, -0.2) is 0 Å². The molecule has 18 heavy (non-hydrogen) atoms. The Kier molecular flexibility index (Phi) is 3.28. The van der Waals surface area contributed by atoms with Gasteiger partial charge in [0.25, 0.3) is 5.91 Å². The second-order valence-electron chi connectivity index (χ2n) is 4.16. The molecule has 3 N–H and O–H groups in total. The molecule has 0 saturated heterocycles. The molecule has 2 rings (SSSR count). The van der Waals surface area contributed by atoms with Crippen LogP contribution in [0, 0.1) is 13.8 Å². The largest absolute Gasteiger partial charge is 0.399 e. The normalized spacial score (nSPS) is 10.1. The number of nitrogen functional groups attached to an aromatic ring is 1. The van der Waals surface area contributed by atoms with Crippen LogP contribution < -0.4 is 11.1 Å². The van der Waals surface area contributed by atoms with E-state index in [1.807, 2.05) is 19.9 Å². The molecule has 1 aromatic heterocycles. The van der Waals surface area contributed by atoms with Crippen molar-refractivity contribution in [2.24, 2.45) is 0 Å². The lowest BCUT2D eigenvalue weighted by molar-refractivity contribution is 0.102. The average Bonchev–Trinajstić information content (AvgIpc) is 2.35. The molecule has 4 heteroatoms. The highest BCUT2D eigenvalue weighted by Gasteiger charge is 2.08. The Morgan fingerprint density at radius 2 is 2.06 bits per heavy atom. The van der Waals surface area contributed by atoms with Crippen molar-refractivity contribution in [1.82, 2.24) is 4.98 Å². The lowest BCUT2D eigenvalue weighted by Gasteiger charge is -2.08. The van der Waals surface area contributed by atoms with Gasteiger partial charge in [0, 0.05) is 17.4 Å². The highest BCUT2D eigenvalue weighted by molar-refractivity contribution is 6.04. The first kappa shape index (κ1) is 12.1. The standard InChI is InChI=1S/C14H15N3O/c1-9-8-11(5-6-12(9)15)14(18)17-13-4-3-7-16-10(13)2/h3-8H,15H2,1-2H3,(H,17,18). The van der Waals surface area contributed by atoms with Crippen LogP contribution in [0.15, 0.2) is 36.5 Å². The summed E-state index contributed by atoms with van der Waals surface area (Å²) in [5.41, 5.74) is 9.40. The van der Waals surface area contributed by atoms with Gasteiger partial charge >= 0.3 is 0 Å². The number of aryl methyl sites for hydroxylation is 2. The van der Waals surface area contributed by atoms with Crippen LogP contribution in [0.2, 0.25) is 0 Å². The Labute approximate surface area is 106 Å². The number of pyridine rings is 1. The van der Waals surface area contributed by atoms with Crippen molar-refractivity contribution in [2.75, 3.05) is 11.1 Å². The number of rotatable bonds is 2. The second-order valence-corrected chi connectivity index (χ2v) is 4.16. The van der Waals surface area contributed by atoms with Gasteiger partial charge in [-0.15, -0.1) is 0 Å². The molecule has 0 radical (unpaired) electrons. The molecule has 0 aliphatic carbocycles. The minimum absolute atomic E-state index is 0.158. The van der Waals surface area contributed by atoms with Crippen molar-refractivity contribution < 1.29 is 4.79 Å². The number of hydrogen-bond donors (Lipinski definition) is 2. The van der Waals surface area contributed by atoms with E-state index in [2.05, 4.69) is 10.3 Å². The number of aromatic nitrogens is 1. The van der Waals surface area contributed by atoms with Crippen LogP contribution in [0.5, 0.6) is 0 Å². The Morgan fingerprint density at radius 1 is 1.28 bits per heavy atom. The quantitative estimate of drug-likeness (QED) is 0.794. The summed E-state index contributed by atoms with van der Waals surface area (Å²) in [4.78, 5) is 16.2. The van der Waals surface area contributed by atoms with Crippen molar-refractivity contribution in [3.8, 4) is 0 Å². The van der Waals surface area contributed by atoms with Crippen molar-refractivity contribution in [3.63, 3.8) is 0 Å². The van der Waals surface area contributed by atoms with E-state index in [0.717, 1.165) is 16.9 Å². The van der Waals surface area contributed by atoms with Gasteiger partial charge in [0.1, 0.15) is 0 Å². The molecule has 1 aromatic carbocycles. The molecule has 92 valence electrons. The zero-order valence-corrected chi connectivity index (χ0v) is 10.4. The molecule has 0 bridgehead atoms. The predicted octanol–water partition coefficient (Wildman–Crippen LogP) is 2.53. The monoisotopic (exact) mass is 241 g/mol. The summed E-state index contributed by atoms with van der Waals surface area (Å²) >= 11 is 0. The Hall–Kier alpha value is -2.36. The number of carbonyl (C=O) groups is 1. The highest BCUT2D eigenvalue weighted by atomic mass is 16.1. The Morgan fingerprint density at radius 3 is 2.72 bits per heavy atom. The number of nitrogens with two attached hydrogens (primary N) is 1. The fourth-order valence-electron chi connectivity index (χ4n) is 1.63. The Bertz CT molecular complexity index is 593. The first-order valence-corrected chi connectivity index (χ1v) is 5.67. The van der Waals surface area contributed by atoms with E-state index in [0.29, 0.717) is 11.3 Å². The first-order valence-electron chi connectivity index (χ1n) is 5.67. The molecule has 0 saturated carbocycles. The number of nitrogens with one attached hydrogen (secondary N) is 1. The van der Waals surface area contributed by atoms with E-state index in [-0.39, 0.29) is 5.91 Å². The third kappa shape index (κ3) is 2.48. The molecule has 0 unspecified atom stereocenters. The second kappa shape index (κ2) is 4.87. The van der Waals surface area contributed by atoms with Gasteiger partial charge in [-0.3, -0.25) is 9.78 Å². The summed E-state index contributed by atoms with van der Waals surface area (Å²) in [6.07, 6.45) is 1.69. The zero-order chi connectivity index (χ0) is 13.1. The number of hydrogen-bond acceptors (Lipinski definition) is 3. The van der Waals surface area contributed by atoms with Crippen LogP contribution in [0.25, 0.3) is 0 Å². The minimum atomic E-state index is -0.158. The van der Waals surface area contributed by atoms with E-state index >= 15 is 0 Å². The summed E-state index contributed by atoms with van der Waals surface area (Å²) in [5.74, 6) is -0.158. The topological polar surface area (TPSA) is 68.0 Å². The lowest BCUT2D eigenvalue weighted by atomic mass is 10.1. The number of amides is 1. The fourth-order valence-corrected chi connectivity index (χ4v) is 1.63. The van der Waals surface area contributed by atoms with Gasteiger partial charge in [0.2, 0.25) is 0 Å². The van der Waals surface area contributed by atoms with Crippen LogP contribution in [0.3, 0.4) is 0 Å². The molecule has 1 heterocycles. The zero-order valence-electron chi connectivity index (χ0n) is 10.4. The van der Waals surface area contributed by atoms with E-state index in [9.17, 15) is 4.79 Å². The van der Waals surface area contributed by atoms with E-state index in [4.69, 9.17) is 5.73 Å². The molecule has 2 aromatic rings. The van der Waals surface area contributed by atoms with Gasteiger partial charge in [-0.05, 0) is 49.7 Å². The summed E-state index contributed by atoms with van der Waals surface area (Å²) in [5, 5.41) is 2.83. The maximum absolute atomic E-state index is 12.1. The predicted molar refractivity (Wildman–Crippen MR) is 72.5 cm³/mol. The number of nitrogens with zero attached hydrogens (tertiary/aromatic N) is 1. The van der Waals surface area contributed by atoms with Crippen molar-refractivity contribution in [1.29, 1.82) is 0 Å². The lowest BCUT2D eigenvalue weighted by Crippen LogP contribution is -2.13. The average molecular weight is 241 g/mol. The first-order chi connectivity index (χ1) is 8.58. The van der Waals surface area contributed by atoms with Crippen LogP contribution in [0.4, 0.5) is 11.4 Å².